The molecule has 0 atom stereocenters. The molecule has 0 aromatic heterocycles. The summed E-state index contributed by atoms with van der Waals surface area (Å²) in [6.07, 6.45) is 4.97. The molecule has 0 unspecified atom stereocenters. The van der Waals surface area contributed by atoms with Gasteiger partial charge in [-0.1, -0.05) is 13.3 Å². The second-order valence-corrected chi connectivity index (χ2v) is 10.1. The molecular formula is C16H34IN3O2S. The van der Waals surface area contributed by atoms with E-state index >= 15 is 0 Å². The van der Waals surface area contributed by atoms with E-state index in [1.807, 2.05) is 6.92 Å². The fraction of sp³-hybridized carbons (Fsp3) is 0.938. The highest BCUT2D eigenvalue weighted by Crippen LogP contribution is 2.43. The van der Waals surface area contributed by atoms with E-state index in [-0.39, 0.29) is 29.7 Å². The molecule has 0 bridgehead atoms. The quantitative estimate of drug-likeness (QED) is 0.349. The molecule has 7 heteroatoms. The molecule has 23 heavy (non-hydrogen) atoms. The Labute approximate surface area is 159 Å². The first-order valence-corrected chi connectivity index (χ1v) is 10.1. The Balaban J connectivity index is 0.00000484. The highest BCUT2D eigenvalue weighted by atomic mass is 127. The highest BCUT2D eigenvalue weighted by Gasteiger charge is 2.34. The van der Waals surface area contributed by atoms with Crippen molar-refractivity contribution in [2.45, 2.75) is 65.0 Å². The molecule has 1 aliphatic rings. The van der Waals surface area contributed by atoms with Gasteiger partial charge in [0.1, 0.15) is 0 Å². The fourth-order valence-electron chi connectivity index (χ4n) is 2.50. The zero-order valence-corrected chi connectivity index (χ0v) is 18.4. The Morgan fingerprint density at radius 2 is 1.78 bits per heavy atom. The number of hydrogen-bond donors (Lipinski definition) is 2. The van der Waals surface area contributed by atoms with Gasteiger partial charge < -0.3 is 10.6 Å². The predicted molar refractivity (Wildman–Crippen MR) is 110 cm³/mol. The lowest BCUT2D eigenvalue weighted by molar-refractivity contribution is 0.139. The van der Waals surface area contributed by atoms with Crippen LogP contribution in [0.5, 0.6) is 0 Å². The van der Waals surface area contributed by atoms with Crippen LogP contribution in [0.2, 0.25) is 0 Å². The van der Waals surface area contributed by atoms with Crippen LogP contribution in [0.3, 0.4) is 0 Å². The van der Waals surface area contributed by atoms with Crippen LogP contribution in [0.25, 0.3) is 0 Å². The lowest BCUT2D eigenvalue weighted by atomic mass is 9.67. The maximum atomic E-state index is 12.1. The number of nitrogens with zero attached hydrogens (tertiary/aromatic N) is 1. The van der Waals surface area contributed by atoms with E-state index in [0.29, 0.717) is 12.0 Å². The Morgan fingerprint density at radius 1 is 1.17 bits per heavy atom. The van der Waals surface area contributed by atoms with E-state index in [9.17, 15) is 8.42 Å². The lowest BCUT2D eigenvalue weighted by Gasteiger charge is -2.40. The molecule has 1 aliphatic carbocycles. The number of guanidine groups is 1. The van der Waals surface area contributed by atoms with Gasteiger partial charge in [0.25, 0.3) is 0 Å². The number of nitrogens with one attached hydrogen (secondary N) is 2. The smallest absolute Gasteiger partial charge is 0.191 e. The van der Waals surface area contributed by atoms with Crippen LogP contribution in [-0.4, -0.2) is 44.5 Å². The zero-order chi connectivity index (χ0) is 16.9. The average Bonchev–Trinajstić information content (AvgIpc) is 2.36. The van der Waals surface area contributed by atoms with Gasteiger partial charge in [-0.25, -0.2) is 8.42 Å². The Morgan fingerprint density at radius 3 is 2.17 bits per heavy atom. The largest absolute Gasteiger partial charge is 0.357 e. The van der Waals surface area contributed by atoms with E-state index in [4.69, 9.17) is 0 Å². The summed E-state index contributed by atoms with van der Waals surface area (Å²) in [5, 5.41) is 6.35. The molecule has 0 radical (unpaired) electrons. The van der Waals surface area contributed by atoms with Crippen LogP contribution < -0.4 is 10.6 Å². The fourth-order valence-corrected chi connectivity index (χ4v) is 3.48. The van der Waals surface area contributed by atoms with Gasteiger partial charge in [0.2, 0.25) is 0 Å². The van der Waals surface area contributed by atoms with E-state index in [1.165, 1.54) is 19.3 Å². The van der Waals surface area contributed by atoms with Gasteiger partial charge >= 0.3 is 0 Å². The molecule has 0 amide bonds. The van der Waals surface area contributed by atoms with Gasteiger partial charge in [0.05, 0.1) is 10.5 Å². The highest BCUT2D eigenvalue weighted by molar-refractivity contribution is 14.0. The van der Waals surface area contributed by atoms with Crippen molar-refractivity contribution in [1.82, 2.24) is 10.6 Å². The Kier molecular flexibility index (Phi) is 9.42. The summed E-state index contributed by atoms with van der Waals surface area (Å²) in [5.74, 6) is 0.853. The summed E-state index contributed by atoms with van der Waals surface area (Å²) in [6.45, 7) is 11.5. The minimum atomic E-state index is -3.10. The van der Waals surface area contributed by atoms with Crippen LogP contribution in [-0.2, 0) is 9.84 Å². The Hall–Kier alpha value is -0.0500. The molecule has 1 saturated carbocycles. The van der Waals surface area contributed by atoms with Gasteiger partial charge in [-0.15, -0.1) is 24.0 Å². The molecule has 5 nitrogen and oxygen atoms in total. The average molecular weight is 459 g/mol. The molecule has 0 aromatic rings. The second-order valence-electron chi connectivity index (χ2n) is 7.26. The van der Waals surface area contributed by atoms with Crippen molar-refractivity contribution in [2.24, 2.45) is 10.4 Å². The maximum absolute atomic E-state index is 12.1. The van der Waals surface area contributed by atoms with Crippen molar-refractivity contribution in [3.63, 3.8) is 0 Å². The maximum Gasteiger partial charge on any atom is 0.191 e. The van der Waals surface area contributed by atoms with E-state index in [2.05, 4.69) is 22.5 Å². The van der Waals surface area contributed by atoms with Gasteiger partial charge in [0, 0.05) is 19.6 Å². The SMILES string of the molecule is CCNC(=NCC1(CC)CCC1)NCCS(=O)(=O)C(C)(C)C.I. The van der Waals surface area contributed by atoms with Crippen LogP contribution >= 0.6 is 24.0 Å². The molecule has 0 saturated heterocycles. The molecule has 0 aromatic carbocycles. The first kappa shape index (κ1) is 22.9. The number of hydrogen-bond acceptors (Lipinski definition) is 3. The first-order valence-electron chi connectivity index (χ1n) is 8.40. The summed E-state index contributed by atoms with van der Waals surface area (Å²) in [5.41, 5.74) is 0.375. The van der Waals surface area contributed by atoms with E-state index in [1.54, 1.807) is 20.8 Å². The number of rotatable bonds is 7. The van der Waals surface area contributed by atoms with Gasteiger partial charge in [-0.3, -0.25) is 4.99 Å². The summed E-state index contributed by atoms with van der Waals surface area (Å²) < 4.78 is 23.5. The van der Waals surface area contributed by atoms with Crippen LogP contribution in [0.4, 0.5) is 0 Å². The molecular weight excluding hydrogens is 425 g/mol. The third-order valence-corrected chi connectivity index (χ3v) is 7.28. The molecule has 0 aliphatic heterocycles. The van der Waals surface area contributed by atoms with E-state index < -0.39 is 14.6 Å². The van der Waals surface area contributed by atoms with E-state index in [0.717, 1.165) is 25.5 Å². The number of sulfone groups is 1. The third kappa shape index (κ3) is 6.76. The number of halogens is 1. The van der Waals surface area contributed by atoms with Crippen molar-refractivity contribution in [3.05, 3.63) is 0 Å². The molecule has 0 spiro atoms. The monoisotopic (exact) mass is 459 g/mol. The normalized spacial score (nSPS) is 17.9. The molecule has 1 fully saturated rings. The predicted octanol–water partition coefficient (Wildman–Crippen LogP) is 2.95. The summed E-state index contributed by atoms with van der Waals surface area (Å²) in [6, 6.07) is 0. The van der Waals surface area contributed by atoms with Gasteiger partial charge in [-0.2, -0.15) is 0 Å². The summed E-state index contributed by atoms with van der Waals surface area (Å²) in [7, 11) is -3.10. The standard InChI is InChI=1S/C16H33N3O2S.HI/c1-6-16(9-8-10-16)13-19-14(17-7-2)18-11-12-22(20,21)15(3,4)5;/h6-13H2,1-5H3,(H2,17,18,19);1H. The molecule has 1 rings (SSSR count). The first-order chi connectivity index (χ1) is 10.2. The number of aliphatic imine (C=N–C) groups is 1. The summed E-state index contributed by atoms with van der Waals surface area (Å²) >= 11 is 0. The van der Waals surface area contributed by atoms with Crippen molar-refractivity contribution in [2.75, 3.05) is 25.4 Å². The van der Waals surface area contributed by atoms with Crippen molar-refractivity contribution < 1.29 is 8.42 Å². The van der Waals surface area contributed by atoms with Crippen molar-refractivity contribution in [3.8, 4) is 0 Å². The Bertz CT molecular complexity index is 475. The van der Waals surface area contributed by atoms with Gasteiger partial charge in [-0.05, 0) is 52.4 Å². The summed E-state index contributed by atoms with van der Waals surface area (Å²) in [4.78, 5) is 4.66. The topological polar surface area (TPSA) is 70.6 Å². The minimum absolute atomic E-state index is 0. The van der Waals surface area contributed by atoms with Crippen LogP contribution in [0.15, 0.2) is 4.99 Å². The molecule has 138 valence electrons. The van der Waals surface area contributed by atoms with Crippen LogP contribution in [0, 0.1) is 5.41 Å². The molecule has 2 N–H and O–H groups in total. The van der Waals surface area contributed by atoms with Crippen molar-refractivity contribution >= 4 is 39.8 Å². The zero-order valence-electron chi connectivity index (χ0n) is 15.2. The van der Waals surface area contributed by atoms with Gasteiger partial charge in [0.15, 0.2) is 15.8 Å². The minimum Gasteiger partial charge on any atom is -0.357 e. The third-order valence-electron chi connectivity index (χ3n) is 4.68. The molecule has 0 heterocycles. The van der Waals surface area contributed by atoms with Crippen LogP contribution in [0.1, 0.15) is 60.3 Å². The van der Waals surface area contributed by atoms with Crippen molar-refractivity contribution in [1.29, 1.82) is 0 Å². The second kappa shape index (κ2) is 9.44. The lowest BCUT2D eigenvalue weighted by Crippen LogP contribution is -2.43.